The smallest absolute Gasteiger partial charge is 0.334 e. The first kappa shape index (κ1) is 18.4. The summed E-state index contributed by atoms with van der Waals surface area (Å²) in [6.45, 7) is 3.85. The molecule has 0 radical (unpaired) electrons. The number of H-pyrrole nitrogens is 1. The molecule has 2 aromatic rings. The normalized spacial score (nSPS) is 28.6. The van der Waals surface area contributed by atoms with Gasteiger partial charge in [0.2, 0.25) is 0 Å². The number of ether oxygens (including phenoxy) is 3. The Balaban J connectivity index is 1.57. The minimum atomic E-state index is -0.873. The Morgan fingerprint density at radius 2 is 2.03 bits per heavy atom. The molecular formula is C22H26N2O5. The Labute approximate surface area is 169 Å². The molecule has 2 N–H and O–H groups in total. The van der Waals surface area contributed by atoms with E-state index in [0.717, 1.165) is 42.6 Å². The maximum atomic E-state index is 11.8. The number of rotatable bonds is 3. The quantitative estimate of drug-likeness (QED) is 0.827. The second-order valence-electron chi connectivity index (χ2n) is 8.26. The van der Waals surface area contributed by atoms with Gasteiger partial charge < -0.3 is 24.3 Å². The highest BCUT2D eigenvalue weighted by molar-refractivity contribution is 5.89. The third-order valence-corrected chi connectivity index (χ3v) is 6.96. The van der Waals surface area contributed by atoms with Crippen molar-refractivity contribution in [2.75, 3.05) is 27.3 Å². The monoisotopic (exact) mass is 398 g/mol. The van der Waals surface area contributed by atoms with Crippen molar-refractivity contribution in [3.8, 4) is 11.5 Å². The molecule has 0 amide bonds. The molecule has 1 aromatic heterocycles. The van der Waals surface area contributed by atoms with Crippen LogP contribution in [-0.4, -0.2) is 54.4 Å². The molecule has 0 spiro atoms. The van der Waals surface area contributed by atoms with E-state index < -0.39 is 5.97 Å². The van der Waals surface area contributed by atoms with Gasteiger partial charge in [0.1, 0.15) is 0 Å². The van der Waals surface area contributed by atoms with E-state index in [-0.39, 0.29) is 24.0 Å². The minimum Gasteiger partial charge on any atom is -0.497 e. The van der Waals surface area contributed by atoms with Gasteiger partial charge >= 0.3 is 5.97 Å². The zero-order valence-corrected chi connectivity index (χ0v) is 16.9. The summed E-state index contributed by atoms with van der Waals surface area (Å²) in [7, 11) is 3.29. The van der Waals surface area contributed by atoms with Crippen molar-refractivity contribution in [2.24, 2.45) is 11.8 Å². The lowest BCUT2D eigenvalue weighted by Crippen LogP contribution is -2.51. The first-order chi connectivity index (χ1) is 14.0. The number of aliphatic carboxylic acids is 1. The van der Waals surface area contributed by atoms with Crippen LogP contribution in [0.1, 0.15) is 30.6 Å². The molecule has 4 heterocycles. The molecule has 154 valence electrons. The van der Waals surface area contributed by atoms with Gasteiger partial charge in [-0.1, -0.05) is 0 Å². The molecule has 0 bridgehead atoms. The Bertz CT molecular complexity index is 1010. The average molecular weight is 398 g/mol. The fourth-order valence-electron chi connectivity index (χ4n) is 5.46. The summed E-state index contributed by atoms with van der Waals surface area (Å²) >= 11 is 0. The van der Waals surface area contributed by atoms with Gasteiger partial charge in [-0.05, 0) is 31.4 Å². The van der Waals surface area contributed by atoms with Crippen LogP contribution in [0.5, 0.6) is 11.5 Å². The number of hydrogen-bond donors (Lipinski definition) is 2. The molecular weight excluding hydrogens is 372 g/mol. The Kier molecular flexibility index (Phi) is 4.24. The summed E-state index contributed by atoms with van der Waals surface area (Å²) < 4.78 is 16.6. The number of aromatic amines is 1. The molecule has 1 unspecified atom stereocenters. The highest BCUT2D eigenvalue weighted by Gasteiger charge is 2.46. The number of fused-ring (bicyclic) bond motifs is 6. The van der Waals surface area contributed by atoms with Gasteiger partial charge in [-0.15, -0.1) is 0 Å². The Morgan fingerprint density at radius 1 is 1.28 bits per heavy atom. The van der Waals surface area contributed by atoms with Crippen LogP contribution < -0.4 is 9.47 Å². The van der Waals surface area contributed by atoms with Crippen LogP contribution in [0.25, 0.3) is 10.9 Å². The van der Waals surface area contributed by atoms with Gasteiger partial charge in [-0.2, -0.15) is 0 Å². The van der Waals surface area contributed by atoms with Gasteiger partial charge in [-0.3, -0.25) is 4.90 Å². The second-order valence-corrected chi connectivity index (χ2v) is 8.26. The largest absolute Gasteiger partial charge is 0.497 e. The molecule has 0 aliphatic carbocycles. The van der Waals surface area contributed by atoms with E-state index in [2.05, 4.69) is 9.88 Å². The number of nitrogens with zero attached hydrogens (tertiary/aromatic N) is 1. The van der Waals surface area contributed by atoms with Crippen LogP contribution in [0.4, 0.5) is 0 Å². The Hall–Kier alpha value is -2.67. The molecule has 7 nitrogen and oxygen atoms in total. The molecule has 7 heteroatoms. The van der Waals surface area contributed by atoms with Crippen molar-refractivity contribution in [2.45, 2.75) is 31.9 Å². The standard InChI is InChI=1S/C22H26N2O5/c1-11-15-9-24-5-4-12-14-7-19(27-2)20(28-3)8-17(14)23-21(12)18(24)6-13(15)16(10-29-11)22(25)26/h7-8,10-11,13,15,18,23H,4-6,9H2,1-3H3,(H,25,26)/t11?,13-,15+,18+/m0/s1. The van der Waals surface area contributed by atoms with Crippen molar-refractivity contribution in [1.82, 2.24) is 9.88 Å². The highest BCUT2D eigenvalue weighted by atomic mass is 16.5. The number of nitrogens with one attached hydrogen (secondary N) is 1. The van der Waals surface area contributed by atoms with Crippen molar-refractivity contribution in [3.63, 3.8) is 0 Å². The highest BCUT2D eigenvalue weighted by Crippen LogP contribution is 2.48. The predicted octanol–water partition coefficient (Wildman–Crippen LogP) is 3.11. The van der Waals surface area contributed by atoms with Gasteiger partial charge in [-0.25, -0.2) is 4.79 Å². The predicted molar refractivity (Wildman–Crippen MR) is 107 cm³/mol. The molecule has 3 aliphatic rings. The van der Waals surface area contributed by atoms with E-state index in [4.69, 9.17) is 14.2 Å². The van der Waals surface area contributed by atoms with Gasteiger partial charge in [0, 0.05) is 47.6 Å². The van der Waals surface area contributed by atoms with E-state index in [0.29, 0.717) is 11.3 Å². The van der Waals surface area contributed by atoms with Crippen LogP contribution in [0.15, 0.2) is 24.0 Å². The average Bonchev–Trinajstić information content (AvgIpc) is 3.09. The SMILES string of the molecule is COc1cc2[nH]c3c(c2cc1OC)CCN1C[C@@H]2C(C)OC=C(C(=O)O)[C@H]2C[C@H]31. The molecule has 1 aromatic carbocycles. The fraction of sp³-hybridized carbons (Fsp3) is 0.500. The minimum absolute atomic E-state index is 0.000987. The van der Waals surface area contributed by atoms with Gasteiger partial charge in [0.25, 0.3) is 0 Å². The summed E-state index contributed by atoms with van der Waals surface area (Å²) in [6.07, 6.45) is 3.23. The van der Waals surface area contributed by atoms with E-state index in [9.17, 15) is 9.90 Å². The third-order valence-electron chi connectivity index (χ3n) is 6.96. The van der Waals surface area contributed by atoms with E-state index in [1.54, 1.807) is 14.2 Å². The number of piperidine rings is 1. The lowest BCUT2D eigenvalue weighted by Gasteiger charge is -2.49. The van der Waals surface area contributed by atoms with Crippen molar-refractivity contribution >= 4 is 16.9 Å². The lowest BCUT2D eigenvalue weighted by atomic mass is 9.72. The number of methoxy groups -OCH3 is 2. The van der Waals surface area contributed by atoms with Crippen LogP contribution in [0, 0.1) is 11.8 Å². The molecule has 29 heavy (non-hydrogen) atoms. The summed E-state index contributed by atoms with van der Waals surface area (Å²) in [6, 6.07) is 4.21. The zero-order chi connectivity index (χ0) is 20.3. The number of aromatic nitrogens is 1. The van der Waals surface area contributed by atoms with E-state index >= 15 is 0 Å². The van der Waals surface area contributed by atoms with Crippen LogP contribution in [0.2, 0.25) is 0 Å². The van der Waals surface area contributed by atoms with Crippen LogP contribution in [0.3, 0.4) is 0 Å². The fourth-order valence-corrected chi connectivity index (χ4v) is 5.46. The van der Waals surface area contributed by atoms with Crippen molar-refractivity contribution in [1.29, 1.82) is 0 Å². The van der Waals surface area contributed by atoms with Gasteiger partial charge in [0.05, 0.1) is 38.2 Å². The number of carbonyl (C=O) groups is 1. The van der Waals surface area contributed by atoms with Crippen LogP contribution >= 0.6 is 0 Å². The lowest BCUT2D eigenvalue weighted by molar-refractivity contribution is -0.135. The maximum absolute atomic E-state index is 11.8. The van der Waals surface area contributed by atoms with Crippen molar-refractivity contribution in [3.05, 3.63) is 35.2 Å². The first-order valence-corrected chi connectivity index (χ1v) is 10.1. The summed E-state index contributed by atoms with van der Waals surface area (Å²) in [4.78, 5) is 17.9. The van der Waals surface area contributed by atoms with Gasteiger partial charge in [0.15, 0.2) is 11.5 Å². The Morgan fingerprint density at radius 3 is 2.76 bits per heavy atom. The first-order valence-electron chi connectivity index (χ1n) is 10.1. The molecule has 3 aliphatic heterocycles. The van der Waals surface area contributed by atoms with Crippen molar-refractivity contribution < 1.29 is 24.1 Å². The number of carboxylic acids is 1. The van der Waals surface area contributed by atoms with E-state index in [1.165, 1.54) is 17.5 Å². The summed E-state index contributed by atoms with van der Waals surface area (Å²) in [5, 5.41) is 10.8. The number of benzene rings is 1. The number of carboxylic acid groups (broad SMARTS) is 1. The summed E-state index contributed by atoms with van der Waals surface area (Å²) in [5.41, 5.74) is 3.94. The molecule has 4 atom stereocenters. The molecule has 1 fully saturated rings. The van der Waals surface area contributed by atoms with E-state index in [1.807, 2.05) is 19.1 Å². The summed E-state index contributed by atoms with van der Waals surface area (Å²) in [5.74, 6) is 0.755. The molecule has 5 rings (SSSR count). The maximum Gasteiger partial charge on any atom is 0.334 e. The second kappa shape index (κ2) is 6.69. The molecule has 1 saturated heterocycles. The van der Waals surface area contributed by atoms with Crippen LogP contribution in [-0.2, 0) is 16.0 Å². The molecule has 0 saturated carbocycles. The third kappa shape index (κ3) is 2.71. The topological polar surface area (TPSA) is 84.0 Å². The number of hydrogen-bond acceptors (Lipinski definition) is 5. The zero-order valence-electron chi connectivity index (χ0n) is 16.9.